The number of halogens is 2. The minimum absolute atomic E-state index is 0.281. The Kier molecular flexibility index (Phi) is 4.69. The SMILES string of the molecule is COc1cccc(CNC(C)c2cc(F)ccc2F)c1. The molecule has 2 aromatic rings. The van der Waals surface area contributed by atoms with Crippen LogP contribution in [0, 0.1) is 11.6 Å². The van der Waals surface area contributed by atoms with E-state index < -0.39 is 11.6 Å². The van der Waals surface area contributed by atoms with Crippen LogP contribution in [-0.2, 0) is 6.54 Å². The second-order valence-corrected chi connectivity index (χ2v) is 4.62. The standard InChI is InChI=1S/C16H17F2NO/c1-11(15-9-13(17)6-7-16(15)18)19-10-12-4-3-5-14(8-12)20-2/h3-9,11,19H,10H2,1-2H3. The molecule has 0 spiro atoms. The molecule has 4 heteroatoms. The number of nitrogens with one attached hydrogen (secondary N) is 1. The van der Waals surface area contributed by atoms with E-state index in [2.05, 4.69) is 5.32 Å². The summed E-state index contributed by atoms with van der Waals surface area (Å²) < 4.78 is 31.9. The molecule has 0 aliphatic heterocycles. The first-order valence-corrected chi connectivity index (χ1v) is 6.41. The van der Waals surface area contributed by atoms with Gasteiger partial charge in [0.15, 0.2) is 0 Å². The zero-order valence-corrected chi connectivity index (χ0v) is 11.5. The highest BCUT2D eigenvalue weighted by Crippen LogP contribution is 2.19. The van der Waals surface area contributed by atoms with E-state index in [0.717, 1.165) is 23.4 Å². The second kappa shape index (κ2) is 6.48. The van der Waals surface area contributed by atoms with Crippen LogP contribution in [0.2, 0.25) is 0 Å². The predicted octanol–water partition coefficient (Wildman–Crippen LogP) is 3.82. The Morgan fingerprint density at radius 3 is 2.70 bits per heavy atom. The summed E-state index contributed by atoms with van der Waals surface area (Å²) >= 11 is 0. The minimum atomic E-state index is -0.434. The lowest BCUT2D eigenvalue weighted by atomic mass is 10.1. The molecular weight excluding hydrogens is 260 g/mol. The minimum Gasteiger partial charge on any atom is -0.497 e. The lowest BCUT2D eigenvalue weighted by Gasteiger charge is -2.15. The molecule has 0 radical (unpaired) electrons. The number of rotatable bonds is 5. The fourth-order valence-electron chi connectivity index (χ4n) is 2.01. The Morgan fingerprint density at radius 2 is 1.95 bits per heavy atom. The Bertz CT molecular complexity index is 586. The Hall–Kier alpha value is -1.94. The highest BCUT2D eigenvalue weighted by molar-refractivity contribution is 5.28. The van der Waals surface area contributed by atoms with Gasteiger partial charge in [0.1, 0.15) is 17.4 Å². The van der Waals surface area contributed by atoms with E-state index in [9.17, 15) is 8.78 Å². The first-order chi connectivity index (χ1) is 9.60. The van der Waals surface area contributed by atoms with E-state index in [1.165, 1.54) is 6.07 Å². The molecule has 0 amide bonds. The number of hydrogen-bond acceptors (Lipinski definition) is 2. The van der Waals surface area contributed by atoms with Crippen molar-refractivity contribution in [3.05, 3.63) is 65.2 Å². The van der Waals surface area contributed by atoms with Crippen molar-refractivity contribution >= 4 is 0 Å². The highest BCUT2D eigenvalue weighted by atomic mass is 19.1. The van der Waals surface area contributed by atoms with E-state index in [0.29, 0.717) is 12.1 Å². The summed E-state index contributed by atoms with van der Waals surface area (Å²) in [6, 6.07) is 10.8. The van der Waals surface area contributed by atoms with Gasteiger partial charge in [-0.3, -0.25) is 0 Å². The van der Waals surface area contributed by atoms with Gasteiger partial charge in [-0.1, -0.05) is 12.1 Å². The molecule has 0 saturated heterocycles. The van der Waals surface area contributed by atoms with Gasteiger partial charge in [-0.25, -0.2) is 8.78 Å². The van der Waals surface area contributed by atoms with Crippen molar-refractivity contribution in [3.8, 4) is 5.75 Å². The molecule has 0 bridgehead atoms. The molecule has 0 saturated carbocycles. The van der Waals surface area contributed by atoms with Crippen LogP contribution in [0.25, 0.3) is 0 Å². The van der Waals surface area contributed by atoms with Gasteiger partial charge in [0.25, 0.3) is 0 Å². The molecule has 1 N–H and O–H groups in total. The largest absolute Gasteiger partial charge is 0.497 e. The lowest BCUT2D eigenvalue weighted by molar-refractivity contribution is 0.413. The molecule has 0 aliphatic rings. The van der Waals surface area contributed by atoms with Crippen molar-refractivity contribution in [1.82, 2.24) is 5.32 Å². The van der Waals surface area contributed by atoms with Gasteiger partial charge in [0.05, 0.1) is 7.11 Å². The molecule has 0 fully saturated rings. The molecule has 106 valence electrons. The third-order valence-electron chi connectivity index (χ3n) is 3.17. The number of ether oxygens (including phenoxy) is 1. The van der Waals surface area contributed by atoms with Crippen molar-refractivity contribution < 1.29 is 13.5 Å². The predicted molar refractivity (Wildman–Crippen MR) is 74.6 cm³/mol. The van der Waals surface area contributed by atoms with Crippen molar-refractivity contribution in [2.24, 2.45) is 0 Å². The van der Waals surface area contributed by atoms with Gasteiger partial charge in [-0.2, -0.15) is 0 Å². The summed E-state index contributed by atoms with van der Waals surface area (Å²) in [6.45, 7) is 2.35. The maximum absolute atomic E-state index is 13.6. The summed E-state index contributed by atoms with van der Waals surface area (Å²) in [6.07, 6.45) is 0. The van der Waals surface area contributed by atoms with Gasteiger partial charge in [-0.15, -0.1) is 0 Å². The fourth-order valence-corrected chi connectivity index (χ4v) is 2.01. The maximum Gasteiger partial charge on any atom is 0.128 e. The van der Waals surface area contributed by atoms with E-state index in [-0.39, 0.29) is 6.04 Å². The van der Waals surface area contributed by atoms with Gasteiger partial charge in [0.2, 0.25) is 0 Å². The Labute approximate surface area is 117 Å². The first kappa shape index (κ1) is 14.5. The van der Waals surface area contributed by atoms with Crippen molar-refractivity contribution in [2.45, 2.75) is 19.5 Å². The van der Waals surface area contributed by atoms with Gasteiger partial charge in [-0.05, 0) is 42.8 Å². The fraction of sp³-hybridized carbons (Fsp3) is 0.250. The maximum atomic E-state index is 13.6. The summed E-state index contributed by atoms with van der Waals surface area (Å²) in [5.41, 5.74) is 1.35. The molecule has 1 atom stereocenters. The first-order valence-electron chi connectivity index (χ1n) is 6.41. The third-order valence-corrected chi connectivity index (χ3v) is 3.17. The van der Waals surface area contributed by atoms with E-state index >= 15 is 0 Å². The molecule has 2 nitrogen and oxygen atoms in total. The smallest absolute Gasteiger partial charge is 0.128 e. The van der Waals surface area contributed by atoms with Crippen molar-refractivity contribution in [3.63, 3.8) is 0 Å². The van der Waals surface area contributed by atoms with Crippen molar-refractivity contribution in [1.29, 1.82) is 0 Å². The zero-order chi connectivity index (χ0) is 14.5. The Morgan fingerprint density at radius 1 is 1.15 bits per heavy atom. The van der Waals surface area contributed by atoms with E-state index in [4.69, 9.17) is 4.74 Å². The Balaban J connectivity index is 2.04. The number of methoxy groups -OCH3 is 1. The van der Waals surface area contributed by atoms with Gasteiger partial charge >= 0.3 is 0 Å². The van der Waals surface area contributed by atoms with Crippen LogP contribution in [0.4, 0.5) is 8.78 Å². The van der Waals surface area contributed by atoms with Gasteiger partial charge < -0.3 is 10.1 Å². The quantitative estimate of drug-likeness (QED) is 0.897. The topological polar surface area (TPSA) is 21.3 Å². The summed E-state index contributed by atoms with van der Waals surface area (Å²) in [7, 11) is 1.61. The summed E-state index contributed by atoms with van der Waals surface area (Å²) in [4.78, 5) is 0. The van der Waals surface area contributed by atoms with Crippen LogP contribution < -0.4 is 10.1 Å². The average molecular weight is 277 g/mol. The lowest BCUT2D eigenvalue weighted by Crippen LogP contribution is -2.19. The van der Waals surface area contributed by atoms with Crippen LogP contribution >= 0.6 is 0 Å². The normalized spacial score (nSPS) is 12.2. The average Bonchev–Trinajstić information content (AvgIpc) is 2.47. The van der Waals surface area contributed by atoms with Crippen LogP contribution in [0.1, 0.15) is 24.1 Å². The third kappa shape index (κ3) is 3.54. The molecule has 2 rings (SSSR count). The monoisotopic (exact) mass is 277 g/mol. The molecular formula is C16H17F2NO. The summed E-state index contributed by atoms with van der Waals surface area (Å²) in [5, 5.41) is 3.17. The summed E-state index contributed by atoms with van der Waals surface area (Å²) in [5.74, 6) is -0.0673. The molecule has 20 heavy (non-hydrogen) atoms. The van der Waals surface area contributed by atoms with Gasteiger partial charge in [0, 0.05) is 18.2 Å². The van der Waals surface area contributed by atoms with Crippen LogP contribution in [0.15, 0.2) is 42.5 Å². The zero-order valence-electron chi connectivity index (χ0n) is 11.5. The molecule has 0 aliphatic carbocycles. The second-order valence-electron chi connectivity index (χ2n) is 4.62. The van der Waals surface area contributed by atoms with Crippen LogP contribution in [0.5, 0.6) is 5.75 Å². The van der Waals surface area contributed by atoms with E-state index in [1.807, 2.05) is 24.3 Å². The molecule has 1 unspecified atom stereocenters. The van der Waals surface area contributed by atoms with Crippen molar-refractivity contribution in [2.75, 3.05) is 7.11 Å². The molecule has 2 aromatic carbocycles. The highest BCUT2D eigenvalue weighted by Gasteiger charge is 2.11. The molecule has 0 heterocycles. The molecule has 0 aromatic heterocycles. The number of hydrogen-bond donors (Lipinski definition) is 1. The van der Waals surface area contributed by atoms with Crippen LogP contribution in [0.3, 0.4) is 0 Å². The van der Waals surface area contributed by atoms with Crippen LogP contribution in [-0.4, -0.2) is 7.11 Å². The number of benzene rings is 2. The van der Waals surface area contributed by atoms with E-state index in [1.54, 1.807) is 14.0 Å².